The number of esters is 1. The quantitative estimate of drug-likeness (QED) is 0.267. The Hall–Kier alpha value is -3.68. The van der Waals surface area contributed by atoms with E-state index in [0.717, 1.165) is 29.1 Å². The number of hydrogen-bond donors (Lipinski definition) is 0. The average molecular weight is 382 g/mol. The fourth-order valence-corrected chi connectivity index (χ4v) is 2.91. The van der Waals surface area contributed by atoms with Gasteiger partial charge in [0, 0.05) is 23.5 Å². The molecule has 0 N–H and O–H groups in total. The van der Waals surface area contributed by atoms with Crippen LogP contribution in [0.2, 0.25) is 0 Å². The number of nitrogens with zero attached hydrogens (tertiary/aromatic N) is 2. The number of ketones is 1. The van der Waals surface area contributed by atoms with Gasteiger partial charge in [0.1, 0.15) is 4.92 Å². The van der Waals surface area contributed by atoms with Gasteiger partial charge in [-0.1, -0.05) is 30.3 Å². The van der Waals surface area contributed by atoms with Crippen LogP contribution < -0.4 is 0 Å². The predicted molar refractivity (Wildman–Crippen MR) is 99.4 cm³/mol. The number of aromatic nitrogens is 1. The van der Waals surface area contributed by atoms with Gasteiger partial charge in [0.25, 0.3) is 0 Å². The second kappa shape index (κ2) is 7.91. The molecule has 0 aliphatic heterocycles. The summed E-state index contributed by atoms with van der Waals surface area (Å²) in [4.78, 5) is 34.3. The first-order valence-electron chi connectivity index (χ1n) is 8.52. The summed E-state index contributed by atoms with van der Waals surface area (Å²) in [7, 11) is 0. The van der Waals surface area contributed by atoms with Gasteiger partial charge in [-0.25, -0.2) is 4.79 Å². The Balaban J connectivity index is 1.68. The SMILES string of the molecule is Cc1cc(C(=O)COC(=O)c2ccc([N+](=O)[O-])o2)c(C)n1Cc1ccccc1. The van der Waals surface area contributed by atoms with E-state index < -0.39 is 23.4 Å². The third-order valence-electron chi connectivity index (χ3n) is 4.36. The van der Waals surface area contributed by atoms with Crippen LogP contribution in [0.5, 0.6) is 0 Å². The van der Waals surface area contributed by atoms with Crippen LogP contribution >= 0.6 is 0 Å². The second-order valence-electron chi connectivity index (χ2n) is 6.25. The van der Waals surface area contributed by atoms with Gasteiger partial charge >= 0.3 is 11.9 Å². The maximum Gasteiger partial charge on any atom is 0.433 e. The molecule has 144 valence electrons. The zero-order valence-corrected chi connectivity index (χ0v) is 15.4. The van der Waals surface area contributed by atoms with E-state index in [4.69, 9.17) is 9.15 Å². The summed E-state index contributed by atoms with van der Waals surface area (Å²) in [5.74, 6) is -2.18. The van der Waals surface area contributed by atoms with Gasteiger partial charge in [-0.05, 0) is 31.5 Å². The number of ether oxygens (including phenoxy) is 1. The summed E-state index contributed by atoms with van der Waals surface area (Å²) < 4.78 is 11.7. The number of carbonyl (C=O) groups excluding carboxylic acids is 2. The molecule has 3 rings (SSSR count). The minimum atomic E-state index is -0.931. The van der Waals surface area contributed by atoms with Crippen LogP contribution in [0.4, 0.5) is 5.88 Å². The van der Waals surface area contributed by atoms with Crippen LogP contribution in [0.25, 0.3) is 0 Å². The zero-order chi connectivity index (χ0) is 20.3. The number of hydrogen-bond acceptors (Lipinski definition) is 6. The van der Waals surface area contributed by atoms with Crippen LogP contribution in [0.1, 0.15) is 37.9 Å². The lowest BCUT2D eigenvalue weighted by Gasteiger charge is -2.10. The van der Waals surface area contributed by atoms with Gasteiger partial charge in [-0.15, -0.1) is 0 Å². The van der Waals surface area contributed by atoms with Crippen molar-refractivity contribution >= 4 is 17.6 Å². The summed E-state index contributed by atoms with van der Waals surface area (Å²) in [5, 5.41) is 10.6. The lowest BCUT2D eigenvalue weighted by molar-refractivity contribution is -0.402. The summed E-state index contributed by atoms with van der Waals surface area (Å²) >= 11 is 0. The fourth-order valence-electron chi connectivity index (χ4n) is 2.91. The first-order chi connectivity index (χ1) is 13.4. The summed E-state index contributed by atoms with van der Waals surface area (Å²) in [6, 6.07) is 13.8. The first-order valence-corrected chi connectivity index (χ1v) is 8.52. The number of nitro groups is 1. The van der Waals surface area contributed by atoms with Gasteiger partial charge < -0.3 is 13.7 Å². The molecule has 0 atom stereocenters. The Morgan fingerprint density at radius 3 is 2.50 bits per heavy atom. The predicted octanol–water partition coefficient (Wildman–Crippen LogP) is 3.69. The van der Waals surface area contributed by atoms with Gasteiger partial charge in [0.2, 0.25) is 11.5 Å². The topological polar surface area (TPSA) is 105 Å². The lowest BCUT2D eigenvalue weighted by atomic mass is 10.1. The Bertz CT molecular complexity index is 1030. The standard InChI is InChI=1S/C20H18N2O6/c1-13-10-16(14(2)21(13)11-15-6-4-3-5-7-15)17(23)12-27-20(24)18-8-9-19(28-18)22(25)26/h3-10H,11-12H2,1-2H3. The van der Waals surface area contributed by atoms with E-state index in [0.29, 0.717) is 12.1 Å². The Labute approximate surface area is 160 Å². The molecule has 2 heterocycles. The highest BCUT2D eigenvalue weighted by Gasteiger charge is 2.21. The molecule has 0 aliphatic rings. The maximum absolute atomic E-state index is 12.5. The summed E-state index contributed by atoms with van der Waals surface area (Å²) in [6.45, 7) is 3.88. The van der Waals surface area contributed by atoms with Crippen molar-refractivity contribution in [1.29, 1.82) is 0 Å². The van der Waals surface area contributed by atoms with Gasteiger partial charge in [0.15, 0.2) is 6.61 Å². The zero-order valence-electron chi connectivity index (χ0n) is 15.4. The van der Waals surface area contributed by atoms with Crippen molar-refractivity contribution in [2.45, 2.75) is 20.4 Å². The third kappa shape index (κ3) is 4.01. The molecule has 8 heteroatoms. The van der Waals surface area contributed by atoms with Crippen molar-refractivity contribution in [2.24, 2.45) is 0 Å². The highest BCUT2D eigenvalue weighted by molar-refractivity contribution is 6.00. The number of carbonyl (C=O) groups is 2. The molecule has 8 nitrogen and oxygen atoms in total. The minimum absolute atomic E-state index is 0.325. The molecule has 28 heavy (non-hydrogen) atoms. The van der Waals surface area contributed by atoms with Crippen molar-refractivity contribution in [3.8, 4) is 0 Å². The molecule has 0 unspecified atom stereocenters. The monoisotopic (exact) mass is 382 g/mol. The van der Waals surface area contributed by atoms with E-state index >= 15 is 0 Å². The molecule has 0 saturated heterocycles. The summed E-state index contributed by atoms with van der Waals surface area (Å²) in [5.41, 5.74) is 3.26. The largest absolute Gasteiger partial charge is 0.451 e. The normalized spacial score (nSPS) is 10.6. The number of aryl methyl sites for hydroxylation is 1. The molecular weight excluding hydrogens is 364 g/mol. The van der Waals surface area contributed by atoms with Crippen LogP contribution in [0.3, 0.4) is 0 Å². The fraction of sp³-hybridized carbons (Fsp3) is 0.200. The van der Waals surface area contributed by atoms with Gasteiger partial charge in [0.05, 0.1) is 6.07 Å². The van der Waals surface area contributed by atoms with Crippen LogP contribution in [0.15, 0.2) is 52.9 Å². The van der Waals surface area contributed by atoms with Gasteiger partial charge in [-0.3, -0.25) is 14.9 Å². The molecule has 0 bridgehead atoms. The number of Topliss-reactive ketones (excluding diaryl/α,β-unsaturated/α-hetero) is 1. The molecule has 2 aromatic heterocycles. The molecule has 1 aromatic carbocycles. The van der Waals surface area contributed by atoms with Crippen molar-refractivity contribution in [3.05, 3.63) is 86.9 Å². The molecule has 3 aromatic rings. The Kier molecular flexibility index (Phi) is 5.39. The highest BCUT2D eigenvalue weighted by atomic mass is 16.7. The molecule has 0 radical (unpaired) electrons. The van der Waals surface area contributed by atoms with Gasteiger partial charge in [-0.2, -0.15) is 0 Å². The Morgan fingerprint density at radius 2 is 1.86 bits per heavy atom. The molecular formula is C20H18N2O6. The summed E-state index contributed by atoms with van der Waals surface area (Å²) in [6.07, 6.45) is 0. The van der Waals surface area contributed by atoms with Crippen molar-refractivity contribution in [3.63, 3.8) is 0 Å². The smallest absolute Gasteiger partial charge is 0.433 e. The molecule has 0 fully saturated rings. The first kappa shape index (κ1) is 19.1. The van der Waals surface area contributed by atoms with Crippen molar-refractivity contribution in [1.82, 2.24) is 4.57 Å². The van der Waals surface area contributed by atoms with Crippen molar-refractivity contribution in [2.75, 3.05) is 6.61 Å². The third-order valence-corrected chi connectivity index (χ3v) is 4.36. The second-order valence-corrected chi connectivity index (χ2v) is 6.25. The van der Waals surface area contributed by atoms with E-state index in [1.807, 2.05) is 48.7 Å². The van der Waals surface area contributed by atoms with Crippen LogP contribution in [0, 0.1) is 24.0 Å². The molecule has 0 saturated carbocycles. The van der Waals surface area contributed by atoms with E-state index in [-0.39, 0.29) is 11.5 Å². The van der Waals surface area contributed by atoms with E-state index in [1.54, 1.807) is 6.07 Å². The number of furan rings is 1. The van der Waals surface area contributed by atoms with Crippen molar-refractivity contribution < 1.29 is 23.7 Å². The van der Waals surface area contributed by atoms with E-state index in [2.05, 4.69) is 0 Å². The van der Waals surface area contributed by atoms with E-state index in [9.17, 15) is 19.7 Å². The number of benzene rings is 1. The molecule has 0 amide bonds. The highest BCUT2D eigenvalue weighted by Crippen LogP contribution is 2.19. The minimum Gasteiger partial charge on any atom is -0.451 e. The van der Waals surface area contributed by atoms with Crippen LogP contribution in [-0.4, -0.2) is 27.8 Å². The molecule has 0 aliphatic carbocycles. The molecule has 0 spiro atoms. The Morgan fingerprint density at radius 1 is 1.14 bits per heavy atom. The van der Waals surface area contributed by atoms with E-state index in [1.165, 1.54) is 0 Å². The number of rotatable bonds is 7. The lowest BCUT2D eigenvalue weighted by Crippen LogP contribution is -2.15. The van der Waals surface area contributed by atoms with Crippen LogP contribution in [-0.2, 0) is 11.3 Å². The average Bonchev–Trinajstić information content (AvgIpc) is 3.28. The maximum atomic E-state index is 12.5.